The first-order valence-electron chi connectivity index (χ1n) is 19.2. The molecule has 2 N–H and O–H groups in total. The molecule has 4 aromatic rings. The van der Waals surface area contributed by atoms with Crippen LogP contribution in [-0.2, 0) is 25.7 Å². The maximum absolute atomic E-state index is 13.1. The summed E-state index contributed by atoms with van der Waals surface area (Å²) in [4.78, 5) is 65.9. The minimum Gasteiger partial charge on any atom is -0.492 e. The number of nitrogens with zero attached hydrogens (tertiary/aromatic N) is 2. The number of hydrogen-bond acceptors (Lipinski definition) is 6. The fourth-order valence-corrected chi connectivity index (χ4v) is 7.44. The van der Waals surface area contributed by atoms with E-state index in [1.54, 1.807) is 30.1 Å². The molecular formula is C45H47ClN4O6. The van der Waals surface area contributed by atoms with E-state index in [4.69, 9.17) is 16.3 Å². The van der Waals surface area contributed by atoms with Crippen molar-refractivity contribution in [2.45, 2.75) is 64.0 Å². The van der Waals surface area contributed by atoms with Crippen LogP contribution in [0.3, 0.4) is 0 Å². The lowest BCUT2D eigenvalue weighted by atomic mass is 9.88. The Kier molecular flexibility index (Phi) is 13.7. The number of piperidine rings is 1. The van der Waals surface area contributed by atoms with E-state index in [9.17, 15) is 24.0 Å². The van der Waals surface area contributed by atoms with Gasteiger partial charge in [-0.1, -0.05) is 85.3 Å². The van der Waals surface area contributed by atoms with Crippen LogP contribution in [-0.4, -0.2) is 71.5 Å². The van der Waals surface area contributed by atoms with Gasteiger partial charge in [0.1, 0.15) is 18.4 Å². The number of allylic oxidation sites excluding steroid dienone is 1. The minimum absolute atomic E-state index is 0.0175. The van der Waals surface area contributed by atoms with Crippen LogP contribution in [0.25, 0.3) is 11.1 Å². The van der Waals surface area contributed by atoms with E-state index in [1.165, 1.54) is 10.5 Å². The Hall–Kier alpha value is -5.74. The molecule has 2 aliphatic heterocycles. The van der Waals surface area contributed by atoms with Crippen molar-refractivity contribution in [3.05, 3.63) is 131 Å². The second-order valence-corrected chi connectivity index (χ2v) is 14.4. The van der Waals surface area contributed by atoms with Crippen molar-refractivity contribution < 1.29 is 28.7 Å². The van der Waals surface area contributed by atoms with Gasteiger partial charge < -0.3 is 19.9 Å². The zero-order valence-corrected chi connectivity index (χ0v) is 32.4. The minimum atomic E-state index is -0.721. The SMILES string of the molecule is CN(CCOc1ccc(C(=C(CCCl)c2ccccc2)c2ccccc2)cc1)C(=O)CCCCCC(=O)Nc1cccc2c1CN(C1CCC(=O)NC1=O)C2=O. The van der Waals surface area contributed by atoms with Crippen molar-refractivity contribution in [1.29, 1.82) is 0 Å². The van der Waals surface area contributed by atoms with E-state index in [0.717, 1.165) is 34.4 Å². The number of likely N-dealkylation sites (N-methyl/N-ethyl adjacent to an activating group) is 1. The van der Waals surface area contributed by atoms with Gasteiger partial charge in [-0.15, -0.1) is 11.6 Å². The number of amides is 5. The number of carbonyl (C=O) groups excluding carboxylic acids is 5. The van der Waals surface area contributed by atoms with Crippen molar-refractivity contribution in [3.8, 4) is 5.75 Å². The summed E-state index contributed by atoms with van der Waals surface area (Å²) in [5, 5.41) is 5.23. The molecule has 2 heterocycles. The first-order chi connectivity index (χ1) is 27.2. The molecular weight excluding hydrogens is 728 g/mol. The highest BCUT2D eigenvalue weighted by Crippen LogP contribution is 2.36. The third-order valence-corrected chi connectivity index (χ3v) is 10.4. The Morgan fingerprint density at radius 2 is 1.50 bits per heavy atom. The van der Waals surface area contributed by atoms with Gasteiger partial charge in [0.05, 0.1) is 6.54 Å². The van der Waals surface area contributed by atoms with E-state index >= 15 is 0 Å². The van der Waals surface area contributed by atoms with Gasteiger partial charge in [0.2, 0.25) is 23.6 Å². The Labute approximate surface area is 332 Å². The molecule has 1 atom stereocenters. The molecule has 0 saturated carbocycles. The lowest BCUT2D eigenvalue weighted by Crippen LogP contribution is -2.52. The van der Waals surface area contributed by atoms with Crippen molar-refractivity contribution in [2.24, 2.45) is 0 Å². The van der Waals surface area contributed by atoms with E-state index in [2.05, 4.69) is 47.0 Å². The Morgan fingerprint density at radius 3 is 2.20 bits per heavy atom. The summed E-state index contributed by atoms with van der Waals surface area (Å²) in [6.45, 7) is 0.976. The summed E-state index contributed by atoms with van der Waals surface area (Å²) >= 11 is 6.30. The molecule has 2 aliphatic rings. The average Bonchev–Trinajstić information content (AvgIpc) is 3.55. The molecule has 5 amide bonds. The molecule has 6 rings (SSSR count). The van der Waals surface area contributed by atoms with Crippen LogP contribution in [0.15, 0.2) is 103 Å². The highest BCUT2D eigenvalue weighted by molar-refractivity contribution is 6.18. The Bertz CT molecular complexity index is 2070. The maximum atomic E-state index is 13.1. The second-order valence-electron chi connectivity index (χ2n) is 14.1. The smallest absolute Gasteiger partial charge is 0.255 e. The number of rotatable bonds is 17. The first-order valence-corrected chi connectivity index (χ1v) is 19.7. The average molecular weight is 775 g/mol. The Morgan fingerprint density at radius 1 is 0.821 bits per heavy atom. The van der Waals surface area contributed by atoms with Crippen LogP contribution in [0, 0.1) is 0 Å². The zero-order valence-electron chi connectivity index (χ0n) is 31.6. The van der Waals surface area contributed by atoms with Gasteiger partial charge in [-0.25, -0.2) is 0 Å². The molecule has 0 radical (unpaired) electrons. The van der Waals surface area contributed by atoms with Gasteiger partial charge in [-0.3, -0.25) is 29.3 Å². The van der Waals surface area contributed by atoms with E-state index in [-0.39, 0.29) is 49.4 Å². The summed E-state index contributed by atoms with van der Waals surface area (Å²) in [5.74, 6) is -0.0476. The Balaban J connectivity index is 0.928. The van der Waals surface area contributed by atoms with E-state index < -0.39 is 11.9 Å². The summed E-state index contributed by atoms with van der Waals surface area (Å²) in [6.07, 6.45) is 3.79. The third-order valence-electron chi connectivity index (χ3n) is 10.2. The third kappa shape index (κ3) is 9.92. The summed E-state index contributed by atoms with van der Waals surface area (Å²) in [7, 11) is 1.77. The fourth-order valence-electron chi connectivity index (χ4n) is 7.26. The van der Waals surface area contributed by atoms with Gasteiger partial charge in [0.15, 0.2) is 0 Å². The molecule has 1 saturated heterocycles. The zero-order chi connectivity index (χ0) is 39.4. The molecule has 11 heteroatoms. The number of ether oxygens (including phenoxy) is 1. The number of anilines is 1. The van der Waals surface area contributed by atoms with Crippen molar-refractivity contribution in [3.63, 3.8) is 0 Å². The number of hydrogen-bond donors (Lipinski definition) is 2. The normalized spacial score (nSPS) is 15.5. The van der Waals surface area contributed by atoms with Crippen LogP contribution < -0.4 is 15.4 Å². The topological polar surface area (TPSA) is 125 Å². The first kappa shape index (κ1) is 39.9. The van der Waals surface area contributed by atoms with Gasteiger partial charge in [-0.2, -0.15) is 0 Å². The summed E-state index contributed by atoms with van der Waals surface area (Å²) in [6, 6.07) is 33.1. The quantitative estimate of drug-likeness (QED) is 0.0497. The monoisotopic (exact) mass is 774 g/mol. The maximum Gasteiger partial charge on any atom is 0.255 e. The summed E-state index contributed by atoms with van der Waals surface area (Å²) in [5.41, 5.74) is 7.28. The predicted octanol–water partition coefficient (Wildman–Crippen LogP) is 7.46. The fraction of sp³-hybridized carbons (Fsp3) is 0.311. The van der Waals surface area contributed by atoms with Gasteiger partial charge >= 0.3 is 0 Å². The number of halogens is 1. The highest BCUT2D eigenvalue weighted by Gasteiger charge is 2.40. The molecule has 56 heavy (non-hydrogen) atoms. The van der Waals surface area contributed by atoms with Crippen LogP contribution >= 0.6 is 11.6 Å². The number of carbonyl (C=O) groups is 5. The molecule has 1 unspecified atom stereocenters. The predicted molar refractivity (Wildman–Crippen MR) is 218 cm³/mol. The van der Waals surface area contributed by atoms with Gasteiger partial charge in [0, 0.05) is 55.5 Å². The lowest BCUT2D eigenvalue weighted by molar-refractivity contribution is -0.137. The molecule has 10 nitrogen and oxygen atoms in total. The highest BCUT2D eigenvalue weighted by atomic mass is 35.5. The molecule has 4 aromatic carbocycles. The summed E-state index contributed by atoms with van der Waals surface area (Å²) < 4.78 is 6.03. The lowest BCUT2D eigenvalue weighted by Gasteiger charge is -2.29. The number of unbranched alkanes of at least 4 members (excludes halogenated alkanes) is 2. The van der Waals surface area contributed by atoms with Gasteiger partial charge in [0.25, 0.3) is 5.91 Å². The van der Waals surface area contributed by atoms with Crippen LogP contribution in [0.5, 0.6) is 5.75 Å². The number of fused-ring (bicyclic) bond motifs is 1. The van der Waals surface area contributed by atoms with Crippen LogP contribution in [0.1, 0.15) is 84.0 Å². The number of nitrogens with one attached hydrogen (secondary N) is 2. The molecule has 0 bridgehead atoms. The number of imide groups is 1. The van der Waals surface area contributed by atoms with Crippen molar-refractivity contribution in [1.82, 2.24) is 15.1 Å². The second kappa shape index (κ2) is 19.2. The van der Waals surface area contributed by atoms with E-state index in [0.29, 0.717) is 61.5 Å². The van der Waals surface area contributed by atoms with Gasteiger partial charge in [-0.05, 0) is 77.8 Å². The van der Waals surface area contributed by atoms with Crippen LogP contribution in [0.2, 0.25) is 0 Å². The molecule has 0 spiro atoms. The number of alkyl halides is 1. The standard InChI is InChI=1S/C45H47ClN4O6/c1-49(28-29-56-34-22-20-33(21-23-34)43(32-14-7-3-8-15-32)35(26-27-46)31-12-5-2-6-13-31)42(53)19-10-4-9-18-40(51)47-38-17-11-16-36-37(38)30-50(45(36)55)39-24-25-41(52)48-44(39)54/h2-3,5-8,11-17,20-23,39H,4,9-10,18-19,24-30H2,1H3,(H,47,51)(H,48,52,54). The largest absolute Gasteiger partial charge is 0.492 e. The van der Waals surface area contributed by atoms with Crippen molar-refractivity contribution >= 4 is 58.0 Å². The molecule has 1 fully saturated rings. The number of benzene rings is 4. The van der Waals surface area contributed by atoms with Crippen LogP contribution in [0.4, 0.5) is 5.69 Å². The molecule has 0 aromatic heterocycles. The molecule has 290 valence electrons. The van der Waals surface area contributed by atoms with Crippen molar-refractivity contribution in [2.75, 3.05) is 31.4 Å². The van der Waals surface area contributed by atoms with E-state index in [1.807, 2.05) is 48.5 Å². The molecule has 0 aliphatic carbocycles.